The molecule has 10 heteroatoms. The number of thioether (sulfide) groups is 2. The topological polar surface area (TPSA) is 59.8 Å². The van der Waals surface area contributed by atoms with Crippen molar-refractivity contribution in [1.29, 1.82) is 0 Å². The van der Waals surface area contributed by atoms with E-state index in [-0.39, 0.29) is 17.5 Å². The van der Waals surface area contributed by atoms with E-state index in [4.69, 9.17) is 23.2 Å². The van der Waals surface area contributed by atoms with Gasteiger partial charge in [0, 0.05) is 18.5 Å². The van der Waals surface area contributed by atoms with Gasteiger partial charge in [-0.25, -0.2) is 4.39 Å². The van der Waals surface area contributed by atoms with E-state index in [0.29, 0.717) is 26.6 Å². The number of nitrogens with one attached hydrogen (secondary N) is 1. The first-order valence-corrected chi connectivity index (χ1v) is 11.4. The molecule has 0 saturated heterocycles. The molecule has 0 aliphatic heterocycles. The summed E-state index contributed by atoms with van der Waals surface area (Å²) in [5.41, 5.74) is 1.63. The molecule has 0 saturated carbocycles. The predicted molar refractivity (Wildman–Crippen MR) is 118 cm³/mol. The van der Waals surface area contributed by atoms with Crippen LogP contribution in [0.2, 0.25) is 10.0 Å². The van der Waals surface area contributed by atoms with Gasteiger partial charge in [0.25, 0.3) is 0 Å². The van der Waals surface area contributed by atoms with Gasteiger partial charge in [0.15, 0.2) is 5.16 Å². The number of anilines is 1. The van der Waals surface area contributed by atoms with Crippen LogP contribution in [0.4, 0.5) is 10.1 Å². The van der Waals surface area contributed by atoms with Gasteiger partial charge in [-0.3, -0.25) is 4.79 Å². The average Bonchev–Trinajstić information content (AvgIpc) is 3.04. The summed E-state index contributed by atoms with van der Waals surface area (Å²) < 4.78 is 14.8. The molecule has 2 aromatic carbocycles. The quantitative estimate of drug-likeness (QED) is 0.445. The maximum Gasteiger partial charge on any atom is 0.234 e. The summed E-state index contributed by atoms with van der Waals surface area (Å²) in [6.45, 7) is 0. The predicted octanol–water partition coefficient (Wildman–Crippen LogP) is 5.43. The Hall–Kier alpha value is -1.74. The van der Waals surface area contributed by atoms with E-state index in [1.165, 1.54) is 23.9 Å². The van der Waals surface area contributed by atoms with Gasteiger partial charge in [0.1, 0.15) is 11.6 Å². The molecular formula is C19H17Cl2FN4OS2. The molecule has 0 radical (unpaired) electrons. The first-order valence-electron chi connectivity index (χ1n) is 8.50. The molecule has 1 amide bonds. The number of hydrogen-bond acceptors (Lipinski definition) is 5. The number of amides is 1. The summed E-state index contributed by atoms with van der Waals surface area (Å²) in [6.07, 6.45) is 0. The molecule has 5 nitrogen and oxygen atoms in total. The SMILES string of the molecule is Cn1c(CSCc2ccc(F)cc2)nnc1SCC(=O)Nc1ccc(Cl)c(Cl)c1. The van der Waals surface area contributed by atoms with Crippen molar-refractivity contribution in [3.05, 3.63) is 69.7 Å². The lowest BCUT2D eigenvalue weighted by atomic mass is 10.2. The minimum absolute atomic E-state index is 0.177. The maximum absolute atomic E-state index is 12.9. The number of nitrogens with zero attached hydrogens (tertiary/aromatic N) is 3. The third-order valence-corrected chi connectivity index (χ3v) is 6.63. The molecular weight excluding hydrogens is 454 g/mol. The van der Waals surface area contributed by atoms with Gasteiger partial charge in [-0.2, -0.15) is 0 Å². The first kappa shape index (κ1) is 22.0. The van der Waals surface area contributed by atoms with E-state index < -0.39 is 0 Å². The van der Waals surface area contributed by atoms with Gasteiger partial charge in [-0.05, 0) is 35.9 Å². The van der Waals surface area contributed by atoms with E-state index in [2.05, 4.69) is 15.5 Å². The van der Waals surface area contributed by atoms with E-state index in [9.17, 15) is 9.18 Å². The molecule has 0 spiro atoms. The van der Waals surface area contributed by atoms with Crippen LogP contribution < -0.4 is 5.32 Å². The highest BCUT2D eigenvalue weighted by Crippen LogP contribution is 2.25. The molecule has 152 valence electrons. The Kier molecular flexibility index (Phi) is 7.83. The van der Waals surface area contributed by atoms with Crippen LogP contribution in [0.1, 0.15) is 11.4 Å². The second-order valence-corrected chi connectivity index (χ2v) is 8.79. The monoisotopic (exact) mass is 470 g/mol. The molecule has 0 atom stereocenters. The van der Waals surface area contributed by atoms with E-state index >= 15 is 0 Å². The largest absolute Gasteiger partial charge is 0.325 e. The number of aromatic nitrogens is 3. The summed E-state index contributed by atoms with van der Waals surface area (Å²) in [7, 11) is 1.87. The molecule has 1 N–H and O–H groups in total. The molecule has 0 unspecified atom stereocenters. The van der Waals surface area contributed by atoms with Crippen LogP contribution in [-0.4, -0.2) is 26.4 Å². The van der Waals surface area contributed by atoms with Crippen molar-refractivity contribution in [2.45, 2.75) is 16.7 Å². The number of carbonyl (C=O) groups is 1. The maximum atomic E-state index is 12.9. The highest BCUT2D eigenvalue weighted by molar-refractivity contribution is 7.99. The van der Waals surface area contributed by atoms with Gasteiger partial charge < -0.3 is 9.88 Å². The van der Waals surface area contributed by atoms with Gasteiger partial charge in [-0.15, -0.1) is 22.0 Å². The second kappa shape index (κ2) is 10.3. The molecule has 0 bridgehead atoms. The van der Waals surface area contributed by atoms with Crippen molar-refractivity contribution in [2.24, 2.45) is 7.05 Å². The van der Waals surface area contributed by atoms with E-state index in [1.807, 2.05) is 11.6 Å². The Morgan fingerprint density at radius 3 is 2.59 bits per heavy atom. The Morgan fingerprint density at radius 2 is 1.86 bits per heavy atom. The van der Waals surface area contributed by atoms with Crippen LogP contribution >= 0.6 is 46.7 Å². The smallest absolute Gasteiger partial charge is 0.234 e. The van der Waals surface area contributed by atoms with Crippen LogP contribution in [-0.2, 0) is 23.3 Å². The first-order chi connectivity index (χ1) is 13.9. The number of halogens is 3. The number of benzene rings is 2. The van der Waals surface area contributed by atoms with Gasteiger partial charge in [0.05, 0.1) is 21.6 Å². The molecule has 0 aliphatic carbocycles. The van der Waals surface area contributed by atoms with Crippen LogP contribution in [0.15, 0.2) is 47.6 Å². The van der Waals surface area contributed by atoms with Crippen molar-refractivity contribution in [3.8, 4) is 0 Å². The van der Waals surface area contributed by atoms with E-state index in [1.54, 1.807) is 42.1 Å². The standard InChI is InChI=1S/C19H17Cl2FN4OS2/c1-26-17(10-28-9-12-2-4-13(22)5-3-12)24-25-19(26)29-11-18(27)23-14-6-7-15(20)16(21)8-14/h2-8H,9-11H2,1H3,(H,23,27). The fraction of sp³-hybridized carbons (Fsp3) is 0.211. The van der Waals surface area contributed by atoms with Crippen LogP contribution in [0.3, 0.4) is 0 Å². The summed E-state index contributed by atoms with van der Waals surface area (Å²) in [5, 5.41) is 12.6. The fourth-order valence-electron chi connectivity index (χ4n) is 2.34. The number of rotatable bonds is 8. The highest BCUT2D eigenvalue weighted by atomic mass is 35.5. The lowest BCUT2D eigenvalue weighted by molar-refractivity contribution is -0.113. The van der Waals surface area contributed by atoms with Crippen molar-refractivity contribution in [2.75, 3.05) is 11.1 Å². The normalized spacial score (nSPS) is 10.9. The van der Waals surface area contributed by atoms with Crippen molar-refractivity contribution < 1.29 is 9.18 Å². The van der Waals surface area contributed by atoms with Gasteiger partial charge in [-0.1, -0.05) is 47.1 Å². The Bertz CT molecular complexity index is 998. The van der Waals surface area contributed by atoms with Crippen molar-refractivity contribution in [1.82, 2.24) is 14.8 Å². The summed E-state index contributed by atoms with van der Waals surface area (Å²) in [6, 6.07) is 11.4. The molecule has 3 aromatic rings. The summed E-state index contributed by atoms with van der Waals surface area (Å²) in [4.78, 5) is 12.2. The van der Waals surface area contributed by atoms with Gasteiger partial charge in [0.2, 0.25) is 5.91 Å². The number of hydrogen-bond donors (Lipinski definition) is 1. The van der Waals surface area contributed by atoms with Gasteiger partial charge >= 0.3 is 0 Å². The van der Waals surface area contributed by atoms with Crippen LogP contribution in [0.5, 0.6) is 0 Å². The van der Waals surface area contributed by atoms with Crippen LogP contribution in [0, 0.1) is 5.82 Å². The third kappa shape index (κ3) is 6.37. The zero-order valence-corrected chi connectivity index (χ0v) is 18.5. The minimum Gasteiger partial charge on any atom is -0.325 e. The zero-order chi connectivity index (χ0) is 20.8. The lowest BCUT2D eigenvalue weighted by Gasteiger charge is -2.07. The minimum atomic E-state index is -0.239. The highest BCUT2D eigenvalue weighted by Gasteiger charge is 2.12. The van der Waals surface area contributed by atoms with Crippen molar-refractivity contribution >= 4 is 58.3 Å². The summed E-state index contributed by atoms with van der Waals surface area (Å²) in [5.74, 6) is 2.00. The second-order valence-electron chi connectivity index (χ2n) is 6.04. The third-order valence-electron chi connectivity index (χ3n) is 3.87. The van der Waals surface area contributed by atoms with Crippen molar-refractivity contribution in [3.63, 3.8) is 0 Å². The average molecular weight is 471 g/mol. The molecule has 1 aromatic heterocycles. The molecule has 1 heterocycles. The summed E-state index contributed by atoms with van der Waals surface area (Å²) >= 11 is 14.8. The Morgan fingerprint density at radius 1 is 1.10 bits per heavy atom. The van der Waals surface area contributed by atoms with Crippen LogP contribution in [0.25, 0.3) is 0 Å². The fourth-order valence-corrected chi connectivity index (χ4v) is 4.33. The number of carbonyl (C=O) groups excluding carboxylic acids is 1. The zero-order valence-electron chi connectivity index (χ0n) is 15.4. The molecule has 29 heavy (non-hydrogen) atoms. The Balaban J connectivity index is 1.47. The molecule has 0 fully saturated rings. The molecule has 3 rings (SSSR count). The lowest BCUT2D eigenvalue weighted by Crippen LogP contribution is -2.14. The Labute approximate surface area is 186 Å². The molecule has 0 aliphatic rings. The van der Waals surface area contributed by atoms with E-state index in [0.717, 1.165) is 17.1 Å².